The van der Waals surface area contributed by atoms with E-state index in [1.165, 1.54) is 4.31 Å². The first-order valence-corrected chi connectivity index (χ1v) is 9.11. The third-order valence-electron chi connectivity index (χ3n) is 4.14. The summed E-state index contributed by atoms with van der Waals surface area (Å²) >= 11 is 0. The number of ether oxygens (including phenoxy) is 1. The summed E-state index contributed by atoms with van der Waals surface area (Å²) in [6.07, 6.45) is 2.32. The highest BCUT2D eigenvalue weighted by Gasteiger charge is 2.38. The first kappa shape index (κ1) is 16.0. The number of methoxy groups -OCH3 is 1. The molecule has 0 amide bonds. The van der Waals surface area contributed by atoms with Crippen LogP contribution in [0.4, 0.5) is 0 Å². The van der Waals surface area contributed by atoms with E-state index in [1.54, 1.807) is 31.4 Å². The lowest BCUT2D eigenvalue weighted by molar-refractivity contribution is 0.296. The first-order chi connectivity index (χ1) is 11.1. The van der Waals surface area contributed by atoms with Crippen molar-refractivity contribution in [1.82, 2.24) is 9.46 Å². The van der Waals surface area contributed by atoms with Crippen molar-refractivity contribution in [2.24, 2.45) is 0 Å². The highest BCUT2D eigenvalue weighted by molar-refractivity contribution is 7.89. The van der Waals surface area contributed by atoms with E-state index in [-0.39, 0.29) is 10.9 Å². The lowest BCUT2D eigenvalue weighted by Crippen LogP contribution is -2.30. The fourth-order valence-electron chi connectivity index (χ4n) is 2.85. The van der Waals surface area contributed by atoms with Gasteiger partial charge in [-0.2, -0.15) is 4.31 Å². The number of sulfonamides is 1. The SMILES string of the molecule is CCc1cc([C@@H]2CCCN2S(=O)(=O)c2ccc(OC)cc2)on1. The monoisotopic (exact) mass is 336 g/mol. The molecular formula is C16H20N2O4S. The Labute approximate surface area is 136 Å². The van der Waals surface area contributed by atoms with Crippen LogP contribution >= 0.6 is 0 Å². The Morgan fingerprint density at radius 2 is 2.09 bits per heavy atom. The second-order valence-corrected chi connectivity index (χ2v) is 7.41. The Morgan fingerprint density at radius 3 is 2.70 bits per heavy atom. The van der Waals surface area contributed by atoms with Gasteiger partial charge in [-0.05, 0) is 43.5 Å². The van der Waals surface area contributed by atoms with Crippen molar-refractivity contribution >= 4 is 10.0 Å². The lowest BCUT2D eigenvalue weighted by atomic mass is 10.1. The van der Waals surface area contributed by atoms with E-state index in [0.717, 1.165) is 25.0 Å². The van der Waals surface area contributed by atoms with Crippen LogP contribution in [0.2, 0.25) is 0 Å². The Kier molecular flexibility index (Phi) is 4.41. The molecule has 0 spiro atoms. The molecule has 0 unspecified atom stereocenters. The number of hydrogen-bond donors (Lipinski definition) is 0. The van der Waals surface area contributed by atoms with Crippen molar-refractivity contribution in [3.8, 4) is 5.75 Å². The van der Waals surface area contributed by atoms with Gasteiger partial charge in [-0.15, -0.1) is 0 Å². The molecule has 0 saturated carbocycles. The second-order valence-electron chi connectivity index (χ2n) is 5.52. The van der Waals surface area contributed by atoms with Gasteiger partial charge in [0.15, 0.2) is 5.76 Å². The number of hydrogen-bond acceptors (Lipinski definition) is 5. The Hall–Kier alpha value is -1.86. The summed E-state index contributed by atoms with van der Waals surface area (Å²) < 4.78 is 37.8. The second kappa shape index (κ2) is 6.33. The van der Waals surface area contributed by atoms with Crippen LogP contribution in [0.1, 0.15) is 37.3 Å². The number of benzene rings is 1. The Bertz CT molecular complexity index is 768. The molecule has 2 aromatic rings. The molecule has 2 heterocycles. The predicted octanol–water partition coefficient (Wildman–Crippen LogP) is 2.77. The third kappa shape index (κ3) is 2.98. The van der Waals surface area contributed by atoms with Crippen LogP contribution in [-0.4, -0.2) is 31.5 Å². The largest absolute Gasteiger partial charge is 0.497 e. The molecule has 0 radical (unpaired) electrons. The van der Waals surface area contributed by atoms with Crippen LogP contribution in [0.3, 0.4) is 0 Å². The van der Waals surface area contributed by atoms with Crippen molar-refractivity contribution in [3.63, 3.8) is 0 Å². The third-order valence-corrected chi connectivity index (χ3v) is 6.06. The van der Waals surface area contributed by atoms with Gasteiger partial charge in [0, 0.05) is 12.6 Å². The molecule has 0 N–H and O–H groups in total. The summed E-state index contributed by atoms with van der Waals surface area (Å²) in [5.74, 6) is 1.25. The molecule has 0 bridgehead atoms. The summed E-state index contributed by atoms with van der Waals surface area (Å²) in [6, 6.07) is 8.02. The first-order valence-electron chi connectivity index (χ1n) is 7.67. The zero-order valence-electron chi connectivity index (χ0n) is 13.2. The Balaban J connectivity index is 1.91. The van der Waals surface area contributed by atoms with Gasteiger partial charge in [-0.1, -0.05) is 12.1 Å². The zero-order valence-corrected chi connectivity index (χ0v) is 14.0. The standard InChI is InChI=1S/C16H20N2O4S/c1-3-12-11-16(22-17-12)15-5-4-10-18(15)23(19,20)14-8-6-13(21-2)7-9-14/h6-9,11,15H,3-5,10H2,1-2H3/t15-/m0/s1. The maximum Gasteiger partial charge on any atom is 0.243 e. The molecule has 124 valence electrons. The minimum absolute atomic E-state index is 0.264. The van der Waals surface area contributed by atoms with E-state index < -0.39 is 10.0 Å². The zero-order chi connectivity index (χ0) is 16.4. The molecule has 1 aromatic heterocycles. The maximum atomic E-state index is 12.9. The number of rotatable bonds is 5. The van der Waals surface area contributed by atoms with Crippen LogP contribution in [0.5, 0.6) is 5.75 Å². The molecule has 6 nitrogen and oxygen atoms in total. The summed E-state index contributed by atoms with van der Waals surface area (Å²) in [6.45, 7) is 2.48. The van der Waals surface area contributed by atoms with Gasteiger partial charge in [0.05, 0.1) is 23.7 Å². The van der Waals surface area contributed by atoms with Crippen molar-refractivity contribution in [2.45, 2.75) is 37.1 Å². The van der Waals surface area contributed by atoms with Crippen molar-refractivity contribution in [3.05, 3.63) is 41.8 Å². The lowest BCUT2D eigenvalue weighted by Gasteiger charge is -2.22. The molecule has 1 saturated heterocycles. The molecule has 3 rings (SSSR count). The highest BCUT2D eigenvalue weighted by Crippen LogP contribution is 2.37. The van der Waals surface area contributed by atoms with E-state index in [9.17, 15) is 8.42 Å². The smallest absolute Gasteiger partial charge is 0.243 e. The van der Waals surface area contributed by atoms with Crippen molar-refractivity contribution in [1.29, 1.82) is 0 Å². The van der Waals surface area contributed by atoms with E-state index in [0.29, 0.717) is 18.1 Å². The molecular weight excluding hydrogens is 316 g/mol. The van der Waals surface area contributed by atoms with Crippen molar-refractivity contribution < 1.29 is 17.7 Å². The van der Waals surface area contributed by atoms with Gasteiger partial charge in [0.25, 0.3) is 0 Å². The van der Waals surface area contributed by atoms with Crippen molar-refractivity contribution in [2.75, 3.05) is 13.7 Å². The fourth-order valence-corrected chi connectivity index (χ4v) is 4.51. The molecule has 1 aliphatic heterocycles. The number of aromatic nitrogens is 1. The number of nitrogens with zero attached hydrogens (tertiary/aromatic N) is 2. The quantitative estimate of drug-likeness (QED) is 0.839. The van der Waals surface area contributed by atoms with Crippen LogP contribution in [0, 0.1) is 0 Å². The van der Waals surface area contributed by atoms with E-state index in [4.69, 9.17) is 9.26 Å². The summed E-state index contributed by atoms with van der Waals surface area (Å²) in [5.41, 5.74) is 0.841. The van der Waals surface area contributed by atoms with E-state index in [1.807, 2.05) is 13.0 Å². The van der Waals surface area contributed by atoms with Gasteiger partial charge in [-0.3, -0.25) is 0 Å². The Morgan fingerprint density at radius 1 is 1.35 bits per heavy atom. The summed E-state index contributed by atoms with van der Waals surface area (Å²) in [5, 5.41) is 3.98. The summed E-state index contributed by atoms with van der Waals surface area (Å²) in [7, 11) is -2.02. The van der Waals surface area contributed by atoms with Gasteiger partial charge < -0.3 is 9.26 Å². The molecule has 1 fully saturated rings. The highest BCUT2D eigenvalue weighted by atomic mass is 32.2. The fraction of sp³-hybridized carbons (Fsp3) is 0.438. The van der Waals surface area contributed by atoms with Gasteiger partial charge in [-0.25, -0.2) is 8.42 Å². The van der Waals surface area contributed by atoms with Crippen LogP contribution in [0.25, 0.3) is 0 Å². The molecule has 0 aliphatic carbocycles. The minimum atomic E-state index is -3.57. The molecule has 1 atom stereocenters. The predicted molar refractivity (Wildman–Crippen MR) is 84.7 cm³/mol. The topological polar surface area (TPSA) is 72.6 Å². The molecule has 1 aromatic carbocycles. The van der Waals surface area contributed by atoms with Gasteiger partial charge in [0.1, 0.15) is 5.75 Å². The molecule has 1 aliphatic rings. The van der Waals surface area contributed by atoms with Gasteiger partial charge >= 0.3 is 0 Å². The normalized spacial score (nSPS) is 19.1. The molecule has 23 heavy (non-hydrogen) atoms. The average molecular weight is 336 g/mol. The minimum Gasteiger partial charge on any atom is -0.497 e. The van der Waals surface area contributed by atoms with Crippen LogP contribution in [0.15, 0.2) is 39.8 Å². The van der Waals surface area contributed by atoms with Gasteiger partial charge in [0.2, 0.25) is 10.0 Å². The van der Waals surface area contributed by atoms with Crippen LogP contribution < -0.4 is 4.74 Å². The average Bonchev–Trinajstić information content (AvgIpc) is 3.23. The van der Waals surface area contributed by atoms with E-state index >= 15 is 0 Å². The summed E-state index contributed by atoms with van der Waals surface area (Å²) in [4.78, 5) is 0.264. The van der Waals surface area contributed by atoms with E-state index in [2.05, 4.69) is 5.16 Å². The maximum absolute atomic E-state index is 12.9. The van der Waals surface area contributed by atoms with Crippen LogP contribution in [-0.2, 0) is 16.4 Å². The molecule has 7 heteroatoms. The number of aryl methyl sites for hydroxylation is 1.